The van der Waals surface area contributed by atoms with Crippen molar-refractivity contribution in [3.8, 4) is 0 Å². The van der Waals surface area contributed by atoms with E-state index >= 15 is 0 Å². The van der Waals surface area contributed by atoms with Gasteiger partial charge in [-0.25, -0.2) is 14.2 Å². The van der Waals surface area contributed by atoms with Crippen LogP contribution in [0.3, 0.4) is 0 Å². The summed E-state index contributed by atoms with van der Waals surface area (Å²) in [7, 11) is 0. The highest BCUT2D eigenvalue weighted by molar-refractivity contribution is 7.10. The number of hydrogen-bond donors (Lipinski definition) is 2. The molecule has 84 valence electrons. The molecule has 0 fully saturated rings. The SMILES string of the molecule is NNC(c1cccs1)c1ccc(F)cc1F. The smallest absolute Gasteiger partial charge is 0.131 e. The molecular formula is C11H10F2N2S. The minimum atomic E-state index is -0.601. The summed E-state index contributed by atoms with van der Waals surface area (Å²) in [4.78, 5) is 0.882. The molecule has 2 nitrogen and oxygen atoms in total. The average Bonchev–Trinajstić information content (AvgIpc) is 2.75. The van der Waals surface area contributed by atoms with Crippen LogP contribution in [0.15, 0.2) is 35.7 Å². The van der Waals surface area contributed by atoms with E-state index in [1.807, 2.05) is 17.5 Å². The minimum absolute atomic E-state index is 0.339. The fourth-order valence-corrected chi connectivity index (χ4v) is 2.32. The molecule has 3 N–H and O–H groups in total. The van der Waals surface area contributed by atoms with E-state index in [0.717, 1.165) is 10.9 Å². The van der Waals surface area contributed by atoms with Gasteiger partial charge in [-0.3, -0.25) is 5.84 Å². The summed E-state index contributed by atoms with van der Waals surface area (Å²) in [5, 5.41) is 1.88. The molecule has 0 aliphatic rings. The Balaban J connectivity index is 2.41. The quantitative estimate of drug-likeness (QED) is 0.639. The number of halogens is 2. The van der Waals surface area contributed by atoms with Crippen LogP contribution in [0.5, 0.6) is 0 Å². The Labute approximate surface area is 95.7 Å². The minimum Gasteiger partial charge on any atom is -0.271 e. The van der Waals surface area contributed by atoms with Gasteiger partial charge in [-0.15, -0.1) is 11.3 Å². The highest BCUT2D eigenvalue weighted by atomic mass is 32.1. The van der Waals surface area contributed by atoms with Crippen LogP contribution in [-0.4, -0.2) is 0 Å². The van der Waals surface area contributed by atoms with Crippen LogP contribution in [0.2, 0.25) is 0 Å². The van der Waals surface area contributed by atoms with Crippen molar-refractivity contribution in [3.05, 3.63) is 57.8 Å². The molecule has 0 bridgehead atoms. The Morgan fingerprint density at radius 1 is 1.25 bits per heavy atom. The van der Waals surface area contributed by atoms with Gasteiger partial charge in [-0.1, -0.05) is 12.1 Å². The molecule has 0 amide bonds. The lowest BCUT2D eigenvalue weighted by Crippen LogP contribution is -2.28. The molecule has 0 radical (unpaired) electrons. The summed E-state index contributed by atoms with van der Waals surface area (Å²) in [6.07, 6.45) is 0. The topological polar surface area (TPSA) is 38.0 Å². The second-order valence-electron chi connectivity index (χ2n) is 3.28. The molecule has 0 saturated heterocycles. The molecule has 16 heavy (non-hydrogen) atoms. The first-order chi connectivity index (χ1) is 7.72. The van der Waals surface area contributed by atoms with Crippen LogP contribution in [0, 0.1) is 11.6 Å². The Morgan fingerprint density at radius 2 is 2.06 bits per heavy atom. The van der Waals surface area contributed by atoms with E-state index < -0.39 is 17.7 Å². The van der Waals surface area contributed by atoms with E-state index in [0.29, 0.717) is 5.56 Å². The summed E-state index contributed by atoms with van der Waals surface area (Å²) in [5.41, 5.74) is 2.87. The van der Waals surface area contributed by atoms with Crippen LogP contribution in [0.25, 0.3) is 0 Å². The molecule has 2 aromatic rings. The first-order valence-corrected chi connectivity index (χ1v) is 5.55. The fourth-order valence-electron chi connectivity index (χ4n) is 1.52. The second kappa shape index (κ2) is 4.69. The zero-order chi connectivity index (χ0) is 11.5. The maximum absolute atomic E-state index is 13.5. The maximum Gasteiger partial charge on any atom is 0.131 e. The van der Waals surface area contributed by atoms with Crippen molar-refractivity contribution in [1.29, 1.82) is 0 Å². The molecule has 1 aromatic heterocycles. The summed E-state index contributed by atoms with van der Waals surface area (Å²) in [6, 6.07) is 6.73. The first-order valence-electron chi connectivity index (χ1n) is 4.67. The number of thiophene rings is 1. The van der Waals surface area contributed by atoms with Crippen molar-refractivity contribution in [2.24, 2.45) is 5.84 Å². The van der Waals surface area contributed by atoms with Gasteiger partial charge in [0.1, 0.15) is 11.6 Å². The van der Waals surface area contributed by atoms with Crippen molar-refractivity contribution in [1.82, 2.24) is 5.43 Å². The van der Waals surface area contributed by atoms with Crippen LogP contribution in [0.1, 0.15) is 16.5 Å². The number of hydrogen-bond acceptors (Lipinski definition) is 3. The van der Waals surface area contributed by atoms with Crippen LogP contribution in [0.4, 0.5) is 8.78 Å². The lowest BCUT2D eigenvalue weighted by atomic mass is 10.1. The molecule has 0 aliphatic carbocycles. The lowest BCUT2D eigenvalue weighted by Gasteiger charge is -2.15. The standard InChI is InChI=1S/C11H10F2N2S/c12-7-3-4-8(9(13)6-7)11(15-14)10-2-1-5-16-10/h1-6,11,15H,14H2. The molecule has 0 saturated carbocycles. The van der Waals surface area contributed by atoms with Gasteiger partial charge >= 0.3 is 0 Å². The summed E-state index contributed by atoms with van der Waals surface area (Å²) >= 11 is 1.46. The number of nitrogens with one attached hydrogen (secondary N) is 1. The monoisotopic (exact) mass is 240 g/mol. The third-order valence-corrected chi connectivity index (χ3v) is 3.21. The molecular weight excluding hydrogens is 230 g/mol. The largest absolute Gasteiger partial charge is 0.271 e. The summed E-state index contributed by atoms with van der Waals surface area (Å²) in [5.74, 6) is 4.20. The maximum atomic E-state index is 13.5. The average molecular weight is 240 g/mol. The molecule has 0 aliphatic heterocycles. The van der Waals surface area contributed by atoms with Crippen molar-refractivity contribution >= 4 is 11.3 Å². The predicted molar refractivity (Wildman–Crippen MR) is 59.8 cm³/mol. The number of nitrogens with two attached hydrogens (primary N) is 1. The van der Waals surface area contributed by atoms with E-state index in [4.69, 9.17) is 5.84 Å². The van der Waals surface area contributed by atoms with Gasteiger partial charge in [-0.2, -0.15) is 0 Å². The number of rotatable bonds is 3. The predicted octanol–water partition coefficient (Wildman–Crippen LogP) is 2.58. The summed E-state index contributed by atoms with van der Waals surface area (Å²) in [6.45, 7) is 0. The molecule has 1 aromatic carbocycles. The van der Waals surface area contributed by atoms with E-state index in [9.17, 15) is 8.78 Å². The molecule has 1 heterocycles. The van der Waals surface area contributed by atoms with E-state index in [2.05, 4.69) is 5.43 Å². The van der Waals surface area contributed by atoms with Crippen LogP contribution < -0.4 is 11.3 Å². The van der Waals surface area contributed by atoms with Crippen molar-refractivity contribution < 1.29 is 8.78 Å². The first kappa shape index (κ1) is 11.2. The molecule has 1 unspecified atom stereocenters. The molecule has 5 heteroatoms. The third kappa shape index (κ3) is 2.11. The van der Waals surface area contributed by atoms with E-state index in [1.165, 1.54) is 23.5 Å². The highest BCUT2D eigenvalue weighted by Crippen LogP contribution is 2.27. The van der Waals surface area contributed by atoms with Gasteiger partial charge < -0.3 is 0 Å². The lowest BCUT2D eigenvalue weighted by molar-refractivity contribution is 0.544. The fraction of sp³-hybridized carbons (Fsp3) is 0.0909. The van der Waals surface area contributed by atoms with Crippen molar-refractivity contribution in [2.75, 3.05) is 0 Å². The Bertz CT molecular complexity index is 471. The Kier molecular flexibility index (Phi) is 3.28. The normalized spacial score (nSPS) is 12.7. The Hall–Kier alpha value is -1.30. The van der Waals surface area contributed by atoms with Gasteiger partial charge in [0.25, 0.3) is 0 Å². The van der Waals surface area contributed by atoms with Crippen molar-refractivity contribution in [3.63, 3.8) is 0 Å². The van der Waals surface area contributed by atoms with Gasteiger partial charge in [0, 0.05) is 16.5 Å². The van der Waals surface area contributed by atoms with Gasteiger partial charge in [0.05, 0.1) is 6.04 Å². The molecule has 0 spiro atoms. The summed E-state index contributed by atoms with van der Waals surface area (Å²) < 4.78 is 26.3. The van der Waals surface area contributed by atoms with Gasteiger partial charge in [-0.05, 0) is 17.5 Å². The molecule has 2 rings (SSSR count). The van der Waals surface area contributed by atoms with Crippen LogP contribution in [-0.2, 0) is 0 Å². The zero-order valence-electron chi connectivity index (χ0n) is 8.28. The second-order valence-corrected chi connectivity index (χ2v) is 4.26. The van der Waals surface area contributed by atoms with Crippen molar-refractivity contribution in [2.45, 2.75) is 6.04 Å². The van der Waals surface area contributed by atoms with E-state index in [1.54, 1.807) is 0 Å². The van der Waals surface area contributed by atoms with E-state index in [-0.39, 0.29) is 0 Å². The number of hydrazine groups is 1. The van der Waals surface area contributed by atoms with Crippen LogP contribution >= 0.6 is 11.3 Å². The molecule has 1 atom stereocenters. The van der Waals surface area contributed by atoms with Gasteiger partial charge in [0.2, 0.25) is 0 Å². The number of benzene rings is 1. The Morgan fingerprint density at radius 3 is 2.62 bits per heavy atom. The van der Waals surface area contributed by atoms with Gasteiger partial charge in [0.15, 0.2) is 0 Å². The highest BCUT2D eigenvalue weighted by Gasteiger charge is 2.17. The third-order valence-electron chi connectivity index (χ3n) is 2.27. The zero-order valence-corrected chi connectivity index (χ0v) is 9.10.